The topological polar surface area (TPSA) is 62.2 Å². The molecule has 0 spiro atoms. The normalized spacial score (nSPS) is 12.5. The predicted molar refractivity (Wildman–Crippen MR) is 62.3 cm³/mol. The van der Waals surface area contributed by atoms with Crippen molar-refractivity contribution in [3.8, 4) is 5.75 Å². The van der Waals surface area contributed by atoms with Crippen LogP contribution in [0.5, 0.6) is 5.75 Å². The third-order valence-corrected chi connectivity index (χ3v) is 2.20. The fourth-order valence-corrected chi connectivity index (χ4v) is 1.63. The second-order valence-electron chi connectivity index (χ2n) is 4.38. The summed E-state index contributed by atoms with van der Waals surface area (Å²) >= 11 is 0. The van der Waals surface area contributed by atoms with Gasteiger partial charge in [0.2, 0.25) is 0 Å². The molecular weight excluding hydrogens is 204 g/mol. The number of amides is 1. The van der Waals surface area contributed by atoms with Gasteiger partial charge in [-0.2, -0.15) is 0 Å². The zero-order valence-corrected chi connectivity index (χ0v) is 9.90. The molecule has 0 saturated heterocycles. The van der Waals surface area contributed by atoms with Gasteiger partial charge in [0.15, 0.2) is 5.69 Å². The lowest BCUT2D eigenvalue weighted by atomic mass is 10.1. The van der Waals surface area contributed by atoms with Gasteiger partial charge >= 0.3 is 0 Å². The molecule has 0 bridgehead atoms. The molecule has 0 aliphatic heterocycles. The highest BCUT2D eigenvalue weighted by Gasteiger charge is 2.15. The summed E-state index contributed by atoms with van der Waals surface area (Å²) < 4.78 is 0. The average Bonchev–Trinajstić information content (AvgIpc) is 2.16. The van der Waals surface area contributed by atoms with Crippen LogP contribution >= 0.6 is 0 Å². The first-order valence-electron chi connectivity index (χ1n) is 5.45. The summed E-state index contributed by atoms with van der Waals surface area (Å²) in [6, 6.07) is 3.12. The molecular formula is C12H18N2O2. The molecule has 1 amide bonds. The van der Waals surface area contributed by atoms with Crippen LogP contribution in [0.3, 0.4) is 0 Å². The summed E-state index contributed by atoms with van der Waals surface area (Å²) in [5.74, 6) is 0.107. The monoisotopic (exact) mass is 222 g/mol. The Balaban J connectivity index is 2.63. The molecule has 1 aromatic rings. The Morgan fingerprint density at radius 2 is 2.19 bits per heavy atom. The van der Waals surface area contributed by atoms with Gasteiger partial charge in [-0.25, -0.2) is 4.98 Å². The van der Waals surface area contributed by atoms with Crippen molar-refractivity contribution in [1.29, 1.82) is 0 Å². The summed E-state index contributed by atoms with van der Waals surface area (Å²) in [5.41, 5.74) is 0.0816. The summed E-state index contributed by atoms with van der Waals surface area (Å²) in [6.07, 6.45) is 2.39. The Kier molecular flexibility index (Phi) is 4.28. The highest BCUT2D eigenvalue weighted by Crippen LogP contribution is 2.13. The van der Waals surface area contributed by atoms with E-state index in [0.717, 1.165) is 6.42 Å². The Morgan fingerprint density at radius 3 is 2.75 bits per heavy atom. The zero-order chi connectivity index (χ0) is 12.1. The van der Waals surface area contributed by atoms with Gasteiger partial charge in [-0.1, -0.05) is 13.8 Å². The van der Waals surface area contributed by atoms with Crippen LogP contribution < -0.4 is 5.32 Å². The number of nitrogens with one attached hydrogen (secondary N) is 1. The Bertz CT molecular complexity index is 364. The van der Waals surface area contributed by atoms with Gasteiger partial charge in [0.05, 0.1) is 0 Å². The number of rotatable bonds is 4. The van der Waals surface area contributed by atoms with Gasteiger partial charge in [-0.15, -0.1) is 0 Å². The first-order chi connectivity index (χ1) is 7.50. The Labute approximate surface area is 95.7 Å². The quantitative estimate of drug-likeness (QED) is 0.818. The first kappa shape index (κ1) is 12.5. The van der Waals surface area contributed by atoms with Gasteiger partial charge in [0.25, 0.3) is 5.91 Å². The highest BCUT2D eigenvalue weighted by atomic mass is 16.3. The number of hydrogen-bond donors (Lipinski definition) is 2. The van der Waals surface area contributed by atoms with Crippen molar-refractivity contribution in [3.63, 3.8) is 0 Å². The van der Waals surface area contributed by atoms with E-state index >= 15 is 0 Å². The molecule has 0 aliphatic rings. The first-order valence-corrected chi connectivity index (χ1v) is 5.45. The Morgan fingerprint density at radius 1 is 1.50 bits per heavy atom. The third-order valence-electron chi connectivity index (χ3n) is 2.20. The SMILES string of the molecule is CC(C)CC(C)NC(=O)c1ncccc1O. The molecule has 4 nitrogen and oxygen atoms in total. The maximum Gasteiger partial charge on any atom is 0.273 e. The van der Waals surface area contributed by atoms with E-state index in [9.17, 15) is 9.90 Å². The molecule has 4 heteroatoms. The third kappa shape index (κ3) is 3.53. The molecule has 1 heterocycles. The molecule has 0 fully saturated rings. The second kappa shape index (κ2) is 5.49. The highest BCUT2D eigenvalue weighted by molar-refractivity contribution is 5.94. The fourth-order valence-electron chi connectivity index (χ4n) is 1.63. The number of aromatic nitrogens is 1. The minimum Gasteiger partial charge on any atom is -0.505 e. The average molecular weight is 222 g/mol. The van der Waals surface area contributed by atoms with Crippen LogP contribution in [-0.2, 0) is 0 Å². The van der Waals surface area contributed by atoms with Crippen molar-refractivity contribution in [1.82, 2.24) is 10.3 Å². The lowest BCUT2D eigenvalue weighted by molar-refractivity contribution is 0.0928. The number of hydrogen-bond acceptors (Lipinski definition) is 3. The predicted octanol–water partition coefficient (Wildman–Crippen LogP) is 1.95. The number of pyridine rings is 1. The van der Waals surface area contributed by atoms with Gasteiger partial charge < -0.3 is 10.4 Å². The number of carbonyl (C=O) groups excluding carboxylic acids is 1. The van der Waals surface area contributed by atoms with Crippen LogP contribution in [0.2, 0.25) is 0 Å². The van der Waals surface area contributed by atoms with Crippen LogP contribution in [0, 0.1) is 5.92 Å². The van der Waals surface area contributed by atoms with Crippen molar-refractivity contribution in [2.45, 2.75) is 33.2 Å². The lowest BCUT2D eigenvalue weighted by Gasteiger charge is -2.15. The summed E-state index contributed by atoms with van der Waals surface area (Å²) in [7, 11) is 0. The molecule has 0 saturated carbocycles. The van der Waals surface area contributed by atoms with E-state index in [1.807, 2.05) is 6.92 Å². The van der Waals surface area contributed by atoms with Gasteiger partial charge in [0.1, 0.15) is 5.75 Å². The van der Waals surface area contributed by atoms with Crippen LogP contribution in [0.4, 0.5) is 0 Å². The fraction of sp³-hybridized carbons (Fsp3) is 0.500. The van der Waals surface area contributed by atoms with Gasteiger partial charge in [-0.05, 0) is 31.4 Å². The van der Waals surface area contributed by atoms with Crippen LogP contribution in [-0.4, -0.2) is 22.0 Å². The van der Waals surface area contributed by atoms with Crippen molar-refractivity contribution >= 4 is 5.91 Å². The molecule has 0 radical (unpaired) electrons. The molecule has 1 atom stereocenters. The maximum absolute atomic E-state index is 11.7. The van der Waals surface area contributed by atoms with Gasteiger partial charge in [0, 0.05) is 12.2 Å². The molecule has 2 N–H and O–H groups in total. The molecule has 88 valence electrons. The van der Waals surface area contributed by atoms with E-state index in [2.05, 4.69) is 24.1 Å². The maximum atomic E-state index is 11.7. The summed E-state index contributed by atoms with van der Waals surface area (Å²) in [5, 5.41) is 12.3. The molecule has 0 aromatic carbocycles. The lowest BCUT2D eigenvalue weighted by Crippen LogP contribution is -2.34. The smallest absolute Gasteiger partial charge is 0.273 e. The molecule has 0 aliphatic carbocycles. The van der Waals surface area contributed by atoms with E-state index in [0.29, 0.717) is 5.92 Å². The van der Waals surface area contributed by atoms with E-state index < -0.39 is 0 Å². The van der Waals surface area contributed by atoms with Crippen LogP contribution in [0.25, 0.3) is 0 Å². The minimum atomic E-state index is -0.328. The standard InChI is InChI=1S/C12H18N2O2/c1-8(2)7-9(3)14-12(16)11-10(15)5-4-6-13-11/h4-6,8-9,15H,7H2,1-3H3,(H,14,16). The van der Waals surface area contributed by atoms with Gasteiger partial charge in [-0.3, -0.25) is 4.79 Å². The van der Waals surface area contributed by atoms with E-state index in [4.69, 9.17) is 0 Å². The second-order valence-corrected chi connectivity index (χ2v) is 4.38. The van der Waals surface area contributed by atoms with E-state index in [-0.39, 0.29) is 23.4 Å². The number of aromatic hydroxyl groups is 1. The number of nitrogens with zero attached hydrogens (tertiary/aromatic N) is 1. The number of carbonyl (C=O) groups is 1. The van der Waals surface area contributed by atoms with Crippen LogP contribution in [0.1, 0.15) is 37.7 Å². The van der Waals surface area contributed by atoms with Crippen molar-refractivity contribution in [3.05, 3.63) is 24.0 Å². The van der Waals surface area contributed by atoms with E-state index in [1.54, 1.807) is 6.07 Å². The largest absolute Gasteiger partial charge is 0.505 e. The van der Waals surface area contributed by atoms with E-state index in [1.165, 1.54) is 12.3 Å². The molecule has 1 unspecified atom stereocenters. The molecule has 1 aromatic heterocycles. The summed E-state index contributed by atoms with van der Waals surface area (Å²) in [6.45, 7) is 6.14. The van der Waals surface area contributed by atoms with Crippen molar-refractivity contribution < 1.29 is 9.90 Å². The minimum absolute atomic E-state index is 0.0777. The zero-order valence-electron chi connectivity index (χ0n) is 9.90. The van der Waals surface area contributed by atoms with Crippen molar-refractivity contribution in [2.75, 3.05) is 0 Å². The Hall–Kier alpha value is -1.58. The molecule has 16 heavy (non-hydrogen) atoms. The van der Waals surface area contributed by atoms with Crippen LogP contribution in [0.15, 0.2) is 18.3 Å². The molecule has 1 rings (SSSR count). The summed E-state index contributed by atoms with van der Waals surface area (Å²) in [4.78, 5) is 15.6. The van der Waals surface area contributed by atoms with Crippen molar-refractivity contribution in [2.24, 2.45) is 5.92 Å².